The molecule has 0 spiro atoms. The monoisotopic (exact) mass is 296 g/mol. The van der Waals surface area contributed by atoms with Crippen molar-refractivity contribution in [2.75, 3.05) is 0 Å². The van der Waals surface area contributed by atoms with Gasteiger partial charge in [0, 0.05) is 12.1 Å². The zero-order valence-corrected chi connectivity index (χ0v) is 13.6. The Labute approximate surface area is 127 Å². The summed E-state index contributed by atoms with van der Waals surface area (Å²) >= 11 is 0. The molecule has 120 valence electrons. The van der Waals surface area contributed by atoms with Crippen LogP contribution < -0.4 is 5.32 Å². The van der Waals surface area contributed by atoms with E-state index >= 15 is 0 Å². The summed E-state index contributed by atoms with van der Waals surface area (Å²) in [6.45, 7) is 7.58. The van der Waals surface area contributed by atoms with Gasteiger partial charge in [0.05, 0.1) is 0 Å². The Bertz CT molecular complexity index is 403. The molecule has 2 saturated heterocycles. The second-order valence-electron chi connectivity index (χ2n) is 7.31. The van der Waals surface area contributed by atoms with Gasteiger partial charge in [0.2, 0.25) is 5.91 Å². The molecule has 2 aliphatic heterocycles. The van der Waals surface area contributed by atoms with Crippen LogP contribution in [0.15, 0.2) is 0 Å². The zero-order valence-electron chi connectivity index (χ0n) is 13.6. The van der Waals surface area contributed by atoms with Crippen molar-refractivity contribution in [2.45, 2.75) is 89.9 Å². The molecule has 2 amide bonds. The molecule has 0 aromatic carbocycles. The maximum atomic E-state index is 12.7. The molecule has 0 aromatic rings. The molecule has 0 radical (unpaired) electrons. The quantitative estimate of drug-likeness (QED) is 0.809. The van der Waals surface area contributed by atoms with Crippen LogP contribution >= 0.6 is 0 Å². The Morgan fingerprint density at radius 2 is 1.81 bits per heavy atom. The molecule has 0 bridgehead atoms. The number of fused-ring (bicyclic) bond motifs is 1. The fourth-order valence-electron chi connectivity index (χ4n) is 3.41. The van der Waals surface area contributed by atoms with Crippen molar-refractivity contribution in [1.29, 1.82) is 0 Å². The number of hydrogen-bond acceptors (Lipinski definition) is 3. The summed E-state index contributed by atoms with van der Waals surface area (Å²) in [4.78, 5) is 26.7. The van der Waals surface area contributed by atoms with Crippen LogP contribution in [0.5, 0.6) is 0 Å². The molecule has 0 aliphatic carbocycles. The summed E-state index contributed by atoms with van der Waals surface area (Å²) in [6, 6.07) is 0.189. The van der Waals surface area contributed by atoms with Gasteiger partial charge in [-0.15, -0.1) is 0 Å². The highest BCUT2D eigenvalue weighted by atomic mass is 16.6. The first kappa shape index (κ1) is 16.1. The number of carbonyl (C=O) groups excluding carboxylic acids is 2. The molecule has 0 unspecified atom stereocenters. The zero-order chi connectivity index (χ0) is 15.6. The average Bonchev–Trinajstić information content (AvgIpc) is 2.49. The SMILES string of the molecule is C[C@@H]1CCC[C@@H]2CCC[C@H](NC(=O)OC(C)(C)C)C(=O)N21. The predicted molar refractivity (Wildman–Crippen MR) is 81.0 cm³/mol. The number of rotatable bonds is 1. The first-order valence-electron chi connectivity index (χ1n) is 8.09. The minimum Gasteiger partial charge on any atom is -0.444 e. The molecule has 2 rings (SSSR count). The van der Waals surface area contributed by atoms with E-state index in [1.807, 2.05) is 25.7 Å². The Balaban J connectivity index is 2.03. The Hall–Kier alpha value is -1.26. The maximum absolute atomic E-state index is 12.7. The molecule has 5 heteroatoms. The first-order chi connectivity index (χ1) is 9.78. The van der Waals surface area contributed by atoms with Gasteiger partial charge in [-0.05, 0) is 66.2 Å². The number of amides is 2. The van der Waals surface area contributed by atoms with E-state index in [0.29, 0.717) is 12.5 Å². The highest BCUT2D eigenvalue weighted by molar-refractivity contribution is 5.86. The van der Waals surface area contributed by atoms with Crippen molar-refractivity contribution in [1.82, 2.24) is 10.2 Å². The fraction of sp³-hybridized carbons (Fsp3) is 0.875. The number of ether oxygens (including phenoxy) is 1. The van der Waals surface area contributed by atoms with Crippen molar-refractivity contribution in [2.24, 2.45) is 0 Å². The van der Waals surface area contributed by atoms with E-state index in [-0.39, 0.29) is 11.9 Å². The summed E-state index contributed by atoms with van der Waals surface area (Å²) < 4.78 is 5.27. The summed E-state index contributed by atoms with van der Waals surface area (Å²) in [5, 5.41) is 2.77. The van der Waals surface area contributed by atoms with E-state index in [4.69, 9.17) is 4.74 Å². The van der Waals surface area contributed by atoms with Gasteiger partial charge in [0.25, 0.3) is 0 Å². The van der Waals surface area contributed by atoms with Gasteiger partial charge in [0.1, 0.15) is 11.6 Å². The second-order valence-corrected chi connectivity index (χ2v) is 7.31. The van der Waals surface area contributed by atoms with Crippen molar-refractivity contribution in [3.05, 3.63) is 0 Å². The second kappa shape index (κ2) is 6.24. The number of nitrogens with one attached hydrogen (secondary N) is 1. The van der Waals surface area contributed by atoms with Gasteiger partial charge in [-0.25, -0.2) is 4.79 Å². The molecular weight excluding hydrogens is 268 g/mol. The molecule has 2 fully saturated rings. The molecule has 2 aliphatic rings. The summed E-state index contributed by atoms with van der Waals surface area (Å²) in [5.74, 6) is 0.0653. The predicted octanol–water partition coefficient (Wildman–Crippen LogP) is 2.83. The molecule has 0 aromatic heterocycles. The Morgan fingerprint density at radius 3 is 2.43 bits per heavy atom. The smallest absolute Gasteiger partial charge is 0.408 e. The summed E-state index contributed by atoms with van der Waals surface area (Å²) in [6.07, 6.45) is 5.57. The third-order valence-corrected chi connectivity index (χ3v) is 4.30. The third-order valence-electron chi connectivity index (χ3n) is 4.30. The van der Waals surface area contributed by atoms with Gasteiger partial charge < -0.3 is 15.0 Å². The number of nitrogens with zero attached hydrogens (tertiary/aromatic N) is 1. The largest absolute Gasteiger partial charge is 0.444 e. The van der Waals surface area contributed by atoms with Crippen molar-refractivity contribution >= 4 is 12.0 Å². The molecule has 0 saturated carbocycles. The van der Waals surface area contributed by atoms with Gasteiger partial charge >= 0.3 is 6.09 Å². The van der Waals surface area contributed by atoms with E-state index < -0.39 is 17.7 Å². The minimum atomic E-state index is -0.543. The normalized spacial score (nSPS) is 30.4. The summed E-state index contributed by atoms with van der Waals surface area (Å²) in [5.41, 5.74) is -0.543. The lowest BCUT2D eigenvalue weighted by molar-refractivity contribution is -0.139. The highest BCUT2D eigenvalue weighted by Crippen LogP contribution is 2.30. The number of alkyl carbamates (subject to hydrolysis) is 1. The van der Waals surface area contributed by atoms with Crippen LogP contribution in [0.25, 0.3) is 0 Å². The Morgan fingerprint density at radius 1 is 1.19 bits per heavy atom. The van der Waals surface area contributed by atoms with E-state index in [1.165, 1.54) is 6.42 Å². The van der Waals surface area contributed by atoms with Crippen molar-refractivity contribution in [3.8, 4) is 0 Å². The van der Waals surface area contributed by atoms with Gasteiger partial charge in [0.15, 0.2) is 0 Å². The van der Waals surface area contributed by atoms with Crippen molar-refractivity contribution < 1.29 is 14.3 Å². The Kier molecular flexibility index (Phi) is 4.79. The number of piperidine rings is 1. The lowest BCUT2D eigenvalue weighted by atomic mass is 9.94. The van der Waals surface area contributed by atoms with Gasteiger partial charge in [-0.2, -0.15) is 0 Å². The summed E-state index contributed by atoms with van der Waals surface area (Å²) in [7, 11) is 0. The molecular formula is C16H28N2O3. The van der Waals surface area contributed by atoms with Crippen LogP contribution in [0.3, 0.4) is 0 Å². The van der Waals surface area contributed by atoms with Gasteiger partial charge in [-0.1, -0.05) is 0 Å². The molecule has 5 nitrogen and oxygen atoms in total. The maximum Gasteiger partial charge on any atom is 0.408 e. The van der Waals surface area contributed by atoms with E-state index in [1.54, 1.807) is 0 Å². The van der Waals surface area contributed by atoms with E-state index in [2.05, 4.69) is 12.2 Å². The molecule has 3 atom stereocenters. The lowest BCUT2D eigenvalue weighted by Crippen LogP contribution is -2.55. The van der Waals surface area contributed by atoms with Crippen LogP contribution in [0.1, 0.15) is 66.2 Å². The topological polar surface area (TPSA) is 58.6 Å². The van der Waals surface area contributed by atoms with Gasteiger partial charge in [-0.3, -0.25) is 4.79 Å². The van der Waals surface area contributed by atoms with Crippen LogP contribution in [-0.4, -0.2) is 40.6 Å². The van der Waals surface area contributed by atoms with Crippen LogP contribution in [-0.2, 0) is 9.53 Å². The third kappa shape index (κ3) is 4.11. The average molecular weight is 296 g/mol. The molecule has 2 heterocycles. The van der Waals surface area contributed by atoms with Crippen LogP contribution in [0.4, 0.5) is 4.79 Å². The van der Waals surface area contributed by atoms with E-state index in [9.17, 15) is 9.59 Å². The number of carbonyl (C=O) groups is 2. The number of hydrogen-bond donors (Lipinski definition) is 1. The van der Waals surface area contributed by atoms with Crippen LogP contribution in [0.2, 0.25) is 0 Å². The molecule has 1 N–H and O–H groups in total. The fourth-order valence-corrected chi connectivity index (χ4v) is 3.41. The first-order valence-corrected chi connectivity index (χ1v) is 8.09. The standard InChI is InChI=1S/C16H28N2O3/c1-11-7-5-8-12-9-6-10-13(14(19)18(11)12)17-15(20)21-16(2,3)4/h11-13H,5-10H2,1-4H3,(H,17,20)/t11-,12-,13+/m1/s1. The minimum absolute atomic E-state index is 0.0653. The molecule has 21 heavy (non-hydrogen) atoms. The lowest BCUT2D eigenvalue weighted by Gasteiger charge is -2.40. The van der Waals surface area contributed by atoms with E-state index in [0.717, 1.165) is 25.7 Å². The van der Waals surface area contributed by atoms with Crippen molar-refractivity contribution in [3.63, 3.8) is 0 Å². The highest BCUT2D eigenvalue weighted by Gasteiger charge is 2.38. The van der Waals surface area contributed by atoms with Crippen LogP contribution in [0, 0.1) is 0 Å².